The number of hydrogen-bond donors (Lipinski definition) is 2. The lowest BCUT2D eigenvalue weighted by atomic mass is 10.1. The van der Waals surface area contributed by atoms with E-state index in [1.807, 2.05) is 84.9 Å². The molecule has 0 saturated carbocycles. The third-order valence-electron chi connectivity index (χ3n) is 3.87. The van der Waals surface area contributed by atoms with Crippen LogP contribution in [-0.4, -0.2) is 11.8 Å². The Bertz CT molecular complexity index is 894. The molecule has 2 amide bonds. The van der Waals surface area contributed by atoms with Gasteiger partial charge in [-0.2, -0.15) is 0 Å². The van der Waals surface area contributed by atoms with Gasteiger partial charge in [-0.05, 0) is 47.5 Å². The van der Waals surface area contributed by atoms with Crippen molar-refractivity contribution in [3.8, 4) is 0 Å². The summed E-state index contributed by atoms with van der Waals surface area (Å²) in [6.45, 7) is 0. The lowest BCUT2D eigenvalue weighted by molar-refractivity contribution is -0.112. The third-order valence-corrected chi connectivity index (χ3v) is 3.87. The summed E-state index contributed by atoms with van der Waals surface area (Å²) < 4.78 is 0. The van der Waals surface area contributed by atoms with Crippen molar-refractivity contribution in [1.29, 1.82) is 0 Å². The SMILES string of the molecule is O=C(/C=C\c1ccc(/C=C/C(=O)Nc2ccccc2)cc1)Nc1ccccc1. The predicted octanol–water partition coefficient (Wildman–Crippen LogP) is 4.99. The minimum Gasteiger partial charge on any atom is -0.323 e. The fourth-order valence-electron chi connectivity index (χ4n) is 2.47. The van der Waals surface area contributed by atoms with Crippen LogP contribution in [0.25, 0.3) is 12.2 Å². The summed E-state index contributed by atoms with van der Waals surface area (Å²) in [6.07, 6.45) is 6.47. The summed E-state index contributed by atoms with van der Waals surface area (Å²) in [5.74, 6) is -0.375. The summed E-state index contributed by atoms with van der Waals surface area (Å²) in [6, 6.07) is 26.2. The Labute approximate surface area is 164 Å². The van der Waals surface area contributed by atoms with Crippen molar-refractivity contribution in [3.63, 3.8) is 0 Å². The van der Waals surface area contributed by atoms with Gasteiger partial charge < -0.3 is 10.6 Å². The molecule has 28 heavy (non-hydrogen) atoms. The fourth-order valence-corrected chi connectivity index (χ4v) is 2.47. The number of rotatable bonds is 6. The zero-order valence-corrected chi connectivity index (χ0v) is 15.2. The molecule has 138 valence electrons. The Morgan fingerprint density at radius 3 is 1.25 bits per heavy atom. The lowest BCUT2D eigenvalue weighted by Gasteiger charge is -2.01. The van der Waals surface area contributed by atoms with Crippen LogP contribution in [0.15, 0.2) is 97.1 Å². The van der Waals surface area contributed by atoms with Crippen LogP contribution in [-0.2, 0) is 9.59 Å². The molecule has 0 bridgehead atoms. The Kier molecular flexibility index (Phi) is 6.53. The largest absolute Gasteiger partial charge is 0.323 e. The van der Waals surface area contributed by atoms with Crippen molar-refractivity contribution in [2.45, 2.75) is 0 Å². The van der Waals surface area contributed by atoms with E-state index in [9.17, 15) is 9.59 Å². The van der Waals surface area contributed by atoms with Gasteiger partial charge in [-0.3, -0.25) is 9.59 Å². The van der Waals surface area contributed by atoms with Crippen LogP contribution < -0.4 is 10.6 Å². The van der Waals surface area contributed by atoms with Crippen LogP contribution in [0.5, 0.6) is 0 Å². The number of carbonyl (C=O) groups excluding carboxylic acids is 2. The standard InChI is InChI=1S/C24H20N2O2/c27-23(25-21-7-3-1-4-8-21)17-15-19-11-13-20(14-12-19)16-18-24(28)26-22-9-5-2-6-10-22/h1-18H,(H,25,27)(H,26,28)/b17-15-,18-16+. The van der Waals surface area contributed by atoms with Crippen molar-refractivity contribution in [2.24, 2.45) is 0 Å². The number of anilines is 2. The second kappa shape index (κ2) is 9.69. The molecule has 3 aromatic carbocycles. The molecule has 0 aliphatic carbocycles. The molecule has 2 N–H and O–H groups in total. The van der Waals surface area contributed by atoms with Gasteiger partial charge in [-0.25, -0.2) is 0 Å². The highest BCUT2D eigenvalue weighted by atomic mass is 16.2. The summed E-state index contributed by atoms with van der Waals surface area (Å²) in [4.78, 5) is 23.9. The van der Waals surface area contributed by atoms with Crippen LogP contribution in [0.3, 0.4) is 0 Å². The molecule has 3 rings (SSSR count). The zero-order valence-electron chi connectivity index (χ0n) is 15.2. The average Bonchev–Trinajstić information content (AvgIpc) is 2.73. The van der Waals surface area contributed by atoms with Gasteiger partial charge >= 0.3 is 0 Å². The first-order chi connectivity index (χ1) is 13.7. The minimum atomic E-state index is -0.187. The predicted molar refractivity (Wildman–Crippen MR) is 115 cm³/mol. The molecular weight excluding hydrogens is 348 g/mol. The number of amides is 2. The van der Waals surface area contributed by atoms with Gasteiger partial charge in [-0.15, -0.1) is 0 Å². The molecule has 0 aliphatic rings. The van der Waals surface area contributed by atoms with E-state index in [4.69, 9.17) is 0 Å². The molecule has 0 fully saturated rings. The maximum Gasteiger partial charge on any atom is 0.248 e. The van der Waals surface area contributed by atoms with Crippen LogP contribution in [0.2, 0.25) is 0 Å². The average molecular weight is 368 g/mol. The topological polar surface area (TPSA) is 58.2 Å². The van der Waals surface area contributed by atoms with Crippen molar-refractivity contribution in [3.05, 3.63) is 108 Å². The Balaban J connectivity index is 1.53. The molecule has 0 aliphatic heterocycles. The zero-order chi connectivity index (χ0) is 19.6. The highest BCUT2D eigenvalue weighted by Gasteiger charge is 1.98. The van der Waals surface area contributed by atoms with E-state index in [2.05, 4.69) is 10.6 Å². The highest BCUT2D eigenvalue weighted by Crippen LogP contribution is 2.10. The first-order valence-corrected chi connectivity index (χ1v) is 8.87. The van der Waals surface area contributed by atoms with Gasteiger partial charge in [0.2, 0.25) is 11.8 Å². The number of nitrogens with one attached hydrogen (secondary N) is 2. The van der Waals surface area contributed by atoms with Crippen molar-refractivity contribution in [1.82, 2.24) is 0 Å². The lowest BCUT2D eigenvalue weighted by Crippen LogP contribution is -2.07. The second-order valence-corrected chi connectivity index (χ2v) is 6.04. The smallest absolute Gasteiger partial charge is 0.248 e. The molecule has 0 heterocycles. The number of hydrogen-bond acceptors (Lipinski definition) is 2. The van der Waals surface area contributed by atoms with E-state index in [0.29, 0.717) is 0 Å². The molecule has 4 nitrogen and oxygen atoms in total. The van der Waals surface area contributed by atoms with E-state index < -0.39 is 0 Å². The monoisotopic (exact) mass is 368 g/mol. The molecule has 4 heteroatoms. The molecule has 0 unspecified atom stereocenters. The van der Waals surface area contributed by atoms with E-state index in [1.54, 1.807) is 12.2 Å². The third kappa shape index (κ3) is 6.11. The van der Waals surface area contributed by atoms with Crippen molar-refractivity contribution in [2.75, 3.05) is 10.6 Å². The summed E-state index contributed by atoms with van der Waals surface area (Å²) in [5, 5.41) is 5.59. The minimum absolute atomic E-state index is 0.187. The second-order valence-electron chi connectivity index (χ2n) is 6.04. The van der Waals surface area contributed by atoms with Crippen molar-refractivity contribution < 1.29 is 9.59 Å². The van der Waals surface area contributed by atoms with Gasteiger partial charge in [0.25, 0.3) is 0 Å². The molecule has 0 spiro atoms. The van der Waals surface area contributed by atoms with Gasteiger partial charge in [0.05, 0.1) is 0 Å². The maximum absolute atomic E-state index is 11.9. The van der Waals surface area contributed by atoms with E-state index in [1.165, 1.54) is 12.2 Å². The summed E-state index contributed by atoms with van der Waals surface area (Å²) in [7, 11) is 0. The highest BCUT2D eigenvalue weighted by molar-refractivity contribution is 6.02. The molecular formula is C24H20N2O2. The summed E-state index contributed by atoms with van der Waals surface area (Å²) in [5.41, 5.74) is 3.31. The van der Waals surface area contributed by atoms with Crippen LogP contribution in [0.1, 0.15) is 11.1 Å². The molecule has 0 saturated heterocycles. The Hall–Kier alpha value is -3.92. The van der Waals surface area contributed by atoms with Crippen molar-refractivity contribution >= 4 is 35.3 Å². The van der Waals surface area contributed by atoms with E-state index >= 15 is 0 Å². The fraction of sp³-hybridized carbons (Fsp3) is 0. The van der Waals surface area contributed by atoms with E-state index in [0.717, 1.165) is 22.5 Å². The molecule has 3 aromatic rings. The quantitative estimate of drug-likeness (QED) is 0.602. The van der Waals surface area contributed by atoms with Gasteiger partial charge in [0.1, 0.15) is 0 Å². The summed E-state index contributed by atoms with van der Waals surface area (Å²) >= 11 is 0. The molecule has 0 atom stereocenters. The number of para-hydroxylation sites is 2. The Morgan fingerprint density at radius 2 is 0.893 bits per heavy atom. The maximum atomic E-state index is 11.9. The first kappa shape index (κ1) is 18.9. The molecule has 0 radical (unpaired) electrons. The first-order valence-electron chi connectivity index (χ1n) is 8.87. The van der Waals surface area contributed by atoms with Gasteiger partial charge in [0.15, 0.2) is 0 Å². The molecule has 0 aromatic heterocycles. The Morgan fingerprint density at radius 1 is 0.536 bits per heavy atom. The van der Waals surface area contributed by atoms with Gasteiger partial charge in [0, 0.05) is 23.5 Å². The number of carbonyl (C=O) groups is 2. The van der Waals surface area contributed by atoms with Gasteiger partial charge in [-0.1, -0.05) is 60.7 Å². The van der Waals surface area contributed by atoms with Crippen LogP contribution >= 0.6 is 0 Å². The van der Waals surface area contributed by atoms with Crippen LogP contribution in [0.4, 0.5) is 11.4 Å². The van der Waals surface area contributed by atoms with E-state index in [-0.39, 0.29) is 11.8 Å². The number of benzene rings is 3. The van der Waals surface area contributed by atoms with Crippen LogP contribution in [0, 0.1) is 0 Å². The normalized spacial score (nSPS) is 10.9.